The van der Waals surface area contributed by atoms with Gasteiger partial charge in [0.05, 0.1) is 25.9 Å². The second-order valence-corrected chi connectivity index (χ2v) is 3.53. The molecule has 0 spiro atoms. The number of halogens is 1. The van der Waals surface area contributed by atoms with Crippen LogP contribution in [0.2, 0.25) is 0 Å². The Labute approximate surface area is 81.6 Å². The van der Waals surface area contributed by atoms with Gasteiger partial charge in [-0.3, -0.25) is 0 Å². The molecule has 1 aliphatic heterocycles. The molecule has 1 aromatic carbocycles. The molecule has 14 heavy (non-hydrogen) atoms. The van der Waals surface area contributed by atoms with Crippen LogP contribution in [0.15, 0.2) is 18.2 Å². The number of rotatable bonds is 2. The van der Waals surface area contributed by atoms with Gasteiger partial charge in [0, 0.05) is 6.07 Å². The third-order valence-corrected chi connectivity index (χ3v) is 2.40. The summed E-state index contributed by atoms with van der Waals surface area (Å²) in [7, 11) is 1.50. The molecule has 2 N–H and O–H groups in total. The zero-order valence-corrected chi connectivity index (χ0v) is 7.92. The minimum absolute atomic E-state index is 0.337. The van der Waals surface area contributed by atoms with E-state index in [4.69, 9.17) is 15.2 Å². The van der Waals surface area contributed by atoms with Crippen LogP contribution in [0.25, 0.3) is 0 Å². The van der Waals surface area contributed by atoms with Gasteiger partial charge in [0.25, 0.3) is 0 Å². The smallest absolute Gasteiger partial charge is 0.127 e. The summed E-state index contributed by atoms with van der Waals surface area (Å²) >= 11 is 0. The van der Waals surface area contributed by atoms with E-state index in [1.807, 2.05) is 0 Å². The molecule has 2 rings (SSSR count). The number of ether oxygens (including phenoxy) is 2. The SMILES string of the molecule is COc1cc(F)cc(C2(N)COC2)c1. The summed E-state index contributed by atoms with van der Waals surface area (Å²) in [6.07, 6.45) is 0. The number of nitrogens with two attached hydrogens (primary N) is 1. The molecule has 1 aliphatic rings. The van der Waals surface area contributed by atoms with Gasteiger partial charge in [-0.2, -0.15) is 0 Å². The van der Waals surface area contributed by atoms with Crippen LogP contribution in [-0.4, -0.2) is 20.3 Å². The van der Waals surface area contributed by atoms with Crippen molar-refractivity contribution in [2.75, 3.05) is 20.3 Å². The van der Waals surface area contributed by atoms with Crippen molar-refractivity contribution in [3.63, 3.8) is 0 Å². The molecule has 0 aliphatic carbocycles. The first-order valence-corrected chi connectivity index (χ1v) is 4.36. The fourth-order valence-corrected chi connectivity index (χ4v) is 1.46. The van der Waals surface area contributed by atoms with Crippen LogP contribution < -0.4 is 10.5 Å². The lowest BCUT2D eigenvalue weighted by molar-refractivity contribution is -0.0571. The summed E-state index contributed by atoms with van der Waals surface area (Å²) in [6.45, 7) is 0.860. The molecule has 0 saturated carbocycles. The van der Waals surface area contributed by atoms with Crippen molar-refractivity contribution in [1.29, 1.82) is 0 Å². The number of benzene rings is 1. The Kier molecular flexibility index (Phi) is 2.17. The van der Waals surface area contributed by atoms with E-state index in [1.165, 1.54) is 19.2 Å². The lowest BCUT2D eigenvalue weighted by Gasteiger charge is -2.38. The van der Waals surface area contributed by atoms with E-state index in [0.29, 0.717) is 19.0 Å². The quantitative estimate of drug-likeness (QED) is 0.769. The van der Waals surface area contributed by atoms with Gasteiger partial charge >= 0.3 is 0 Å². The molecule has 3 nitrogen and oxygen atoms in total. The summed E-state index contributed by atoms with van der Waals surface area (Å²) in [6, 6.07) is 4.49. The van der Waals surface area contributed by atoms with Crippen LogP contribution in [-0.2, 0) is 10.3 Å². The lowest BCUT2D eigenvalue weighted by atomic mass is 9.89. The van der Waals surface area contributed by atoms with Crippen molar-refractivity contribution in [2.24, 2.45) is 5.73 Å². The van der Waals surface area contributed by atoms with Gasteiger partial charge in [-0.25, -0.2) is 4.39 Å². The summed E-state index contributed by atoms with van der Waals surface area (Å²) < 4.78 is 23.1. The Morgan fingerprint density at radius 2 is 2.14 bits per heavy atom. The van der Waals surface area contributed by atoms with Crippen LogP contribution in [0.4, 0.5) is 4.39 Å². The fourth-order valence-electron chi connectivity index (χ4n) is 1.46. The minimum atomic E-state index is -0.546. The fraction of sp³-hybridized carbons (Fsp3) is 0.400. The average molecular weight is 197 g/mol. The van der Waals surface area contributed by atoms with Crippen LogP contribution in [0.1, 0.15) is 5.56 Å². The van der Waals surface area contributed by atoms with Crippen LogP contribution >= 0.6 is 0 Å². The molecule has 0 amide bonds. The maximum Gasteiger partial charge on any atom is 0.127 e. The third kappa shape index (κ3) is 1.47. The van der Waals surface area contributed by atoms with Crippen molar-refractivity contribution in [2.45, 2.75) is 5.54 Å². The van der Waals surface area contributed by atoms with Gasteiger partial charge in [0.15, 0.2) is 0 Å². The van der Waals surface area contributed by atoms with Crippen LogP contribution in [0, 0.1) is 5.82 Å². The van der Waals surface area contributed by atoms with Crippen molar-refractivity contribution >= 4 is 0 Å². The lowest BCUT2D eigenvalue weighted by Crippen LogP contribution is -2.54. The topological polar surface area (TPSA) is 44.5 Å². The maximum atomic E-state index is 13.1. The Balaban J connectivity index is 2.37. The van der Waals surface area contributed by atoms with Gasteiger partial charge < -0.3 is 15.2 Å². The van der Waals surface area contributed by atoms with Gasteiger partial charge in [-0.15, -0.1) is 0 Å². The van der Waals surface area contributed by atoms with E-state index in [2.05, 4.69) is 0 Å². The highest BCUT2D eigenvalue weighted by Gasteiger charge is 2.36. The molecule has 1 aromatic rings. The molecule has 0 unspecified atom stereocenters. The van der Waals surface area contributed by atoms with Gasteiger partial charge in [0.1, 0.15) is 11.6 Å². The standard InChI is InChI=1S/C10H12FNO2/c1-13-9-3-7(2-8(11)4-9)10(12)5-14-6-10/h2-4H,5-6,12H2,1H3. The van der Waals surface area contributed by atoms with Gasteiger partial charge in [-0.1, -0.05) is 0 Å². The number of hydrogen-bond donors (Lipinski definition) is 1. The molecule has 4 heteroatoms. The van der Waals surface area contributed by atoms with E-state index >= 15 is 0 Å². The third-order valence-electron chi connectivity index (χ3n) is 2.40. The molecule has 0 aromatic heterocycles. The minimum Gasteiger partial charge on any atom is -0.497 e. The zero-order valence-electron chi connectivity index (χ0n) is 7.92. The number of methoxy groups -OCH3 is 1. The van der Waals surface area contributed by atoms with E-state index in [-0.39, 0.29) is 5.82 Å². The van der Waals surface area contributed by atoms with E-state index in [1.54, 1.807) is 6.07 Å². The second kappa shape index (κ2) is 3.22. The Morgan fingerprint density at radius 1 is 1.43 bits per heavy atom. The van der Waals surface area contributed by atoms with Crippen molar-refractivity contribution in [3.8, 4) is 5.75 Å². The second-order valence-electron chi connectivity index (χ2n) is 3.53. The van der Waals surface area contributed by atoms with E-state index in [0.717, 1.165) is 5.56 Å². The normalized spacial score (nSPS) is 18.8. The van der Waals surface area contributed by atoms with Crippen molar-refractivity contribution in [1.82, 2.24) is 0 Å². The molecule has 0 bridgehead atoms. The molecular weight excluding hydrogens is 185 g/mol. The van der Waals surface area contributed by atoms with Crippen molar-refractivity contribution in [3.05, 3.63) is 29.6 Å². The summed E-state index contributed by atoms with van der Waals surface area (Å²) in [5.41, 5.74) is 6.15. The zero-order chi connectivity index (χ0) is 10.2. The molecular formula is C10H12FNO2. The van der Waals surface area contributed by atoms with Gasteiger partial charge in [-0.05, 0) is 17.7 Å². The van der Waals surface area contributed by atoms with Gasteiger partial charge in [0.2, 0.25) is 0 Å². The molecule has 0 atom stereocenters. The maximum absolute atomic E-state index is 13.1. The first kappa shape index (κ1) is 9.43. The monoisotopic (exact) mass is 197 g/mol. The predicted molar refractivity (Wildman–Crippen MR) is 49.6 cm³/mol. The molecule has 0 radical (unpaired) electrons. The predicted octanol–water partition coefficient (Wildman–Crippen LogP) is 1.02. The molecule has 1 heterocycles. The highest BCUT2D eigenvalue weighted by Crippen LogP contribution is 2.29. The Bertz CT molecular complexity index is 350. The summed E-state index contributed by atoms with van der Waals surface area (Å²) in [5.74, 6) is 0.146. The van der Waals surface area contributed by atoms with E-state index in [9.17, 15) is 4.39 Å². The largest absolute Gasteiger partial charge is 0.497 e. The molecule has 1 saturated heterocycles. The van der Waals surface area contributed by atoms with Crippen LogP contribution in [0.3, 0.4) is 0 Å². The molecule has 1 fully saturated rings. The number of hydrogen-bond acceptors (Lipinski definition) is 3. The molecule has 76 valence electrons. The highest BCUT2D eigenvalue weighted by atomic mass is 19.1. The summed E-state index contributed by atoms with van der Waals surface area (Å²) in [4.78, 5) is 0. The highest BCUT2D eigenvalue weighted by molar-refractivity contribution is 5.35. The Morgan fingerprint density at radius 3 is 2.64 bits per heavy atom. The van der Waals surface area contributed by atoms with Crippen molar-refractivity contribution < 1.29 is 13.9 Å². The van der Waals surface area contributed by atoms with E-state index < -0.39 is 5.54 Å². The average Bonchev–Trinajstić information content (AvgIpc) is 2.13. The first-order valence-electron chi connectivity index (χ1n) is 4.36. The van der Waals surface area contributed by atoms with Crippen LogP contribution in [0.5, 0.6) is 5.75 Å². The first-order chi connectivity index (χ1) is 6.64. The Hall–Kier alpha value is -1.13. The summed E-state index contributed by atoms with van der Waals surface area (Å²) in [5, 5.41) is 0.